The Labute approximate surface area is 88.8 Å². The Morgan fingerprint density at radius 3 is 2.86 bits per heavy atom. The zero-order valence-corrected chi connectivity index (χ0v) is 8.73. The molecule has 0 bridgehead atoms. The quantitative estimate of drug-likeness (QED) is 0.771. The second-order valence-corrected chi connectivity index (χ2v) is 3.52. The van der Waals surface area contributed by atoms with E-state index >= 15 is 0 Å². The molecular weight excluding hydrogens is 196 g/mol. The Kier molecular flexibility index (Phi) is 3.55. The fourth-order valence-electron chi connectivity index (χ4n) is 0.969. The molecule has 0 radical (unpaired) electrons. The molecular formula is C11H11ClN2. The van der Waals surface area contributed by atoms with Crippen molar-refractivity contribution < 1.29 is 0 Å². The molecule has 0 saturated heterocycles. The highest BCUT2D eigenvalue weighted by Crippen LogP contribution is 2.20. The second-order valence-electron chi connectivity index (χ2n) is 3.12. The van der Waals surface area contributed by atoms with Gasteiger partial charge in [-0.25, -0.2) is 0 Å². The van der Waals surface area contributed by atoms with Crippen molar-refractivity contribution in [2.75, 3.05) is 11.9 Å². The van der Waals surface area contributed by atoms with Crippen LogP contribution in [0.4, 0.5) is 5.69 Å². The maximum absolute atomic E-state index is 8.66. The van der Waals surface area contributed by atoms with Crippen molar-refractivity contribution in [2.24, 2.45) is 0 Å². The van der Waals surface area contributed by atoms with Crippen LogP contribution in [0.2, 0.25) is 5.02 Å². The van der Waals surface area contributed by atoms with Crippen LogP contribution in [0, 0.1) is 11.3 Å². The van der Waals surface area contributed by atoms with Gasteiger partial charge in [-0.3, -0.25) is 0 Å². The van der Waals surface area contributed by atoms with E-state index in [1.54, 1.807) is 12.1 Å². The zero-order valence-electron chi connectivity index (χ0n) is 7.97. The minimum absolute atomic E-state index is 0.471. The lowest BCUT2D eigenvalue weighted by molar-refractivity contribution is 1.22. The summed E-state index contributed by atoms with van der Waals surface area (Å²) in [5, 5.41) is 12.3. The van der Waals surface area contributed by atoms with Gasteiger partial charge in [0.15, 0.2) is 0 Å². The lowest BCUT2D eigenvalue weighted by atomic mass is 10.2. The number of rotatable bonds is 3. The number of nitrogens with one attached hydrogen (secondary N) is 1. The van der Waals surface area contributed by atoms with Crippen molar-refractivity contribution in [3.8, 4) is 6.07 Å². The third kappa shape index (κ3) is 2.79. The monoisotopic (exact) mass is 206 g/mol. The van der Waals surface area contributed by atoms with E-state index in [1.165, 1.54) is 0 Å². The molecule has 1 aromatic rings. The van der Waals surface area contributed by atoms with E-state index in [-0.39, 0.29) is 0 Å². The SMILES string of the molecule is C=C(C)CNc1ccc(C#N)c(Cl)c1. The molecule has 0 aliphatic carbocycles. The summed E-state index contributed by atoms with van der Waals surface area (Å²) in [4.78, 5) is 0. The molecule has 1 N–H and O–H groups in total. The average Bonchev–Trinajstić information content (AvgIpc) is 2.15. The van der Waals surface area contributed by atoms with Gasteiger partial charge < -0.3 is 5.32 Å². The summed E-state index contributed by atoms with van der Waals surface area (Å²) in [6.45, 7) is 6.43. The van der Waals surface area contributed by atoms with Gasteiger partial charge >= 0.3 is 0 Å². The fourth-order valence-corrected chi connectivity index (χ4v) is 1.19. The van der Waals surface area contributed by atoms with Crippen LogP contribution in [0.1, 0.15) is 12.5 Å². The molecule has 0 unspecified atom stereocenters. The summed E-state index contributed by atoms with van der Waals surface area (Å²) < 4.78 is 0. The maximum Gasteiger partial charge on any atom is 0.101 e. The van der Waals surface area contributed by atoms with Crippen molar-refractivity contribution in [2.45, 2.75) is 6.92 Å². The standard InChI is InChI=1S/C11H11ClN2/c1-8(2)7-14-10-4-3-9(6-13)11(12)5-10/h3-5,14H,1,7H2,2H3. The largest absolute Gasteiger partial charge is 0.381 e. The van der Waals surface area contributed by atoms with Gasteiger partial charge in [0.05, 0.1) is 10.6 Å². The summed E-state index contributed by atoms with van der Waals surface area (Å²) >= 11 is 5.86. The van der Waals surface area contributed by atoms with E-state index < -0.39 is 0 Å². The van der Waals surface area contributed by atoms with E-state index in [0.29, 0.717) is 17.1 Å². The minimum atomic E-state index is 0.471. The molecule has 2 nitrogen and oxygen atoms in total. The number of anilines is 1. The van der Waals surface area contributed by atoms with E-state index in [9.17, 15) is 0 Å². The van der Waals surface area contributed by atoms with Crippen molar-refractivity contribution in [3.05, 3.63) is 40.9 Å². The van der Waals surface area contributed by atoms with E-state index in [1.807, 2.05) is 19.1 Å². The maximum atomic E-state index is 8.66. The molecule has 0 amide bonds. The van der Waals surface area contributed by atoms with Crippen LogP contribution in [0.15, 0.2) is 30.4 Å². The molecule has 0 aliphatic rings. The van der Waals surface area contributed by atoms with Crippen LogP contribution < -0.4 is 5.32 Å². The highest BCUT2D eigenvalue weighted by atomic mass is 35.5. The van der Waals surface area contributed by atoms with Crippen molar-refractivity contribution in [1.29, 1.82) is 5.26 Å². The first-order valence-electron chi connectivity index (χ1n) is 4.21. The Hall–Kier alpha value is -1.46. The van der Waals surface area contributed by atoms with Crippen LogP contribution in [0.3, 0.4) is 0 Å². The predicted molar refractivity (Wildman–Crippen MR) is 59.5 cm³/mol. The average molecular weight is 207 g/mol. The van der Waals surface area contributed by atoms with Crippen molar-refractivity contribution in [1.82, 2.24) is 0 Å². The lowest BCUT2D eigenvalue weighted by Crippen LogP contribution is -2.01. The van der Waals surface area contributed by atoms with Gasteiger partial charge in [-0.15, -0.1) is 0 Å². The molecule has 14 heavy (non-hydrogen) atoms. The van der Waals surface area contributed by atoms with Gasteiger partial charge in [0.1, 0.15) is 6.07 Å². The normalized spacial score (nSPS) is 9.21. The molecule has 0 fully saturated rings. The molecule has 72 valence electrons. The third-order valence-electron chi connectivity index (χ3n) is 1.68. The van der Waals surface area contributed by atoms with E-state index in [2.05, 4.69) is 11.9 Å². The number of nitrogens with zero attached hydrogens (tertiary/aromatic N) is 1. The van der Waals surface area contributed by atoms with Crippen LogP contribution in [-0.4, -0.2) is 6.54 Å². The van der Waals surface area contributed by atoms with Crippen LogP contribution in [0.25, 0.3) is 0 Å². The predicted octanol–water partition coefficient (Wildman–Crippen LogP) is 3.20. The Balaban J connectivity index is 2.77. The van der Waals surface area contributed by atoms with Gasteiger partial charge in [0, 0.05) is 12.2 Å². The first-order chi connectivity index (χ1) is 6.63. The minimum Gasteiger partial charge on any atom is -0.381 e. The van der Waals surface area contributed by atoms with Gasteiger partial charge in [0.25, 0.3) is 0 Å². The van der Waals surface area contributed by atoms with Crippen molar-refractivity contribution in [3.63, 3.8) is 0 Å². The molecule has 0 heterocycles. The number of nitriles is 1. The summed E-state index contributed by atoms with van der Waals surface area (Å²) in [6, 6.07) is 7.27. The summed E-state index contributed by atoms with van der Waals surface area (Å²) in [5.74, 6) is 0. The van der Waals surface area contributed by atoms with Crippen LogP contribution >= 0.6 is 11.6 Å². The van der Waals surface area contributed by atoms with E-state index in [4.69, 9.17) is 16.9 Å². The number of hydrogen-bond donors (Lipinski definition) is 1. The smallest absolute Gasteiger partial charge is 0.101 e. The lowest BCUT2D eigenvalue weighted by Gasteiger charge is -2.06. The zero-order chi connectivity index (χ0) is 10.6. The molecule has 1 rings (SSSR count). The van der Waals surface area contributed by atoms with Crippen LogP contribution in [-0.2, 0) is 0 Å². The summed E-state index contributed by atoms with van der Waals surface area (Å²) in [7, 11) is 0. The molecule has 0 aliphatic heterocycles. The highest BCUT2D eigenvalue weighted by Gasteiger charge is 1.99. The fraction of sp³-hybridized carbons (Fsp3) is 0.182. The third-order valence-corrected chi connectivity index (χ3v) is 2.00. The summed E-state index contributed by atoms with van der Waals surface area (Å²) in [6.07, 6.45) is 0. The van der Waals surface area contributed by atoms with Gasteiger partial charge in [0.2, 0.25) is 0 Å². The van der Waals surface area contributed by atoms with Gasteiger partial charge in [-0.1, -0.05) is 23.8 Å². The molecule has 3 heteroatoms. The molecule has 0 aromatic heterocycles. The topological polar surface area (TPSA) is 35.8 Å². The Bertz CT molecular complexity index is 391. The van der Waals surface area contributed by atoms with Crippen LogP contribution in [0.5, 0.6) is 0 Å². The number of hydrogen-bond acceptors (Lipinski definition) is 2. The molecule has 1 aromatic carbocycles. The van der Waals surface area contributed by atoms with Gasteiger partial charge in [-0.05, 0) is 25.1 Å². The Morgan fingerprint density at radius 1 is 1.64 bits per heavy atom. The highest BCUT2D eigenvalue weighted by molar-refractivity contribution is 6.32. The Morgan fingerprint density at radius 2 is 2.36 bits per heavy atom. The molecule has 0 saturated carbocycles. The first kappa shape index (κ1) is 10.6. The van der Waals surface area contributed by atoms with Gasteiger partial charge in [-0.2, -0.15) is 5.26 Å². The van der Waals surface area contributed by atoms with Crippen molar-refractivity contribution >= 4 is 17.3 Å². The second kappa shape index (κ2) is 4.69. The van der Waals surface area contributed by atoms with E-state index in [0.717, 1.165) is 11.3 Å². The first-order valence-corrected chi connectivity index (χ1v) is 4.59. The molecule has 0 spiro atoms. The molecule has 0 atom stereocenters. The number of benzene rings is 1. The number of halogens is 1. The summed E-state index contributed by atoms with van der Waals surface area (Å²) in [5.41, 5.74) is 2.44.